The van der Waals surface area contributed by atoms with Crippen LogP contribution in [0.4, 0.5) is 10.7 Å². The van der Waals surface area contributed by atoms with Crippen molar-refractivity contribution in [3.05, 3.63) is 33.9 Å². The quantitative estimate of drug-likeness (QED) is 0.932. The molecule has 0 aliphatic carbocycles. The van der Waals surface area contributed by atoms with Gasteiger partial charge in [0.25, 0.3) is 0 Å². The van der Waals surface area contributed by atoms with E-state index < -0.39 is 0 Å². The first-order chi connectivity index (χ1) is 8.65. The van der Waals surface area contributed by atoms with Gasteiger partial charge in [0, 0.05) is 10.5 Å². The van der Waals surface area contributed by atoms with Crippen molar-refractivity contribution in [2.75, 3.05) is 12.4 Å². The van der Waals surface area contributed by atoms with Crippen LogP contribution in [0.25, 0.3) is 0 Å². The van der Waals surface area contributed by atoms with Crippen molar-refractivity contribution < 1.29 is 4.74 Å². The summed E-state index contributed by atoms with van der Waals surface area (Å²) in [5.41, 5.74) is 2.16. The van der Waals surface area contributed by atoms with Gasteiger partial charge in [0.1, 0.15) is 22.4 Å². The summed E-state index contributed by atoms with van der Waals surface area (Å²) in [5, 5.41) is 13.0. The Balaban J connectivity index is 2.37. The minimum absolute atomic E-state index is 0.578. The van der Waals surface area contributed by atoms with Crippen molar-refractivity contribution in [3.8, 4) is 11.8 Å². The van der Waals surface area contributed by atoms with Gasteiger partial charge in [0.15, 0.2) is 0 Å². The second-order valence-electron chi connectivity index (χ2n) is 3.55. The normalized spacial score (nSPS) is 9.89. The Morgan fingerprint density at radius 3 is 2.94 bits per heavy atom. The first-order valence-corrected chi connectivity index (χ1v) is 6.69. The number of aromatic nitrogens is 1. The van der Waals surface area contributed by atoms with Crippen LogP contribution in [0.3, 0.4) is 0 Å². The summed E-state index contributed by atoms with van der Waals surface area (Å²) in [4.78, 5) is 0. The predicted octanol–water partition coefficient (Wildman–Crippen LogP) is 3.84. The number of hydrogen-bond donors (Lipinski definition) is 1. The molecule has 92 valence electrons. The van der Waals surface area contributed by atoms with Gasteiger partial charge in [-0.1, -0.05) is 0 Å². The average molecular weight is 324 g/mol. The lowest BCUT2D eigenvalue weighted by atomic mass is 10.2. The molecule has 0 aliphatic heterocycles. The molecule has 0 saturated carbocycles. The molecule has 0 fully saturated rings. The third-order valence-corrected chi connectivity index (χ3v) is 3.94. The Labute approximate surface area is 118 Å². The highest BCUT2D eigenvalue weighted by atomic mass is 79.9. The lowest BCUT2D eigenvalue weighted by molar-refractivity contribution is 0.415. The van der Waals surface area contributed by atoms with E-state index >= 15 is 0 Å². The van der Waals surface area contributed by atoms with E-state index in [9.17, 15) is 0 Å². The van der Waals surface area contributed by atoms with Crippen molar-refractivity contribution >= 4 is 38.2 Å². The highest BCUT2D eigenvalue weighted by molar-refractivity contribution is 9.10. The van der Waals surface area contributed by atoms with Gasteiger partial charge in [0.05, 0.1) is 18.5 Å². The summed E-state index contributed by atoms with van der Waals surface area (Å²) in [5.74, 6) is 0.750. The van der Waals surface area contributed by atoms with Crippen molar-refractivity contribution in [3.63, 3.8) is 0 Å². The van der Waals surface area contributed by atoms with Crippen molar-refractivity contribution in [1.29, 1.82) is 5.26 Å². The molecule has 2 rings (SSSR count). The summed E-state index contributed by atoms with van der Waals surface area (Å²) in [6.07, 6.45) is 0. The molecular formula is C12H10BrN3OS. The maximum absolute atomic E-state index is 9.08. The number of hydrogen-bond acceptors (Lipinski definition) is 5. The third-order valence-electron chi connectivity index (χ3n) is 2.40. The molecule has 0 radical (unpaired) electrons. The summed E-state index contributed by atoms with van der Waals surface area (Å²) in [6, 6.07) is 7.76. The van der Waals surface area contributed by atoms with E-state index in [1.165, 1.54) is 11.5 Å². The number of rotatable bonds is 3. The first-order valence-electron chi connectivity index (χ1n) is 5.12. The lowest BCUT2D eigenvalue weighted by Gasteiger charge is -2.08. The number of anilines is 2. The molecule has 2 aromatic rings. The molecule has 1 N–H and O–H groups in total. The van der Waals surface area contributed by atoms with Gasteiger partial charge in [-0.3, -0.25) is 0 Å². The zero-order valence-corrected chi connectivity index (χ0v) is 12.2. The van der Waals surface area contributed by atoms with Gasteiger partial charge < -0.3 is 10.1 Å². The number of benzene rings is 1. The number of aryl methyl sites for hydroxylation is 1. The van der Waals surface area contributed by atoms with Crippen LogP contribution in [-0.2, 0) is 0 Å². The summed E-state index contributed by atoms with van der Waals surface area (Å²) < 4.78 is 10.2. The average Bonchev–Trinajstić information content (AvgIpc) is 2.72. The number of nitrogens with one attached hydrogen (secondary N) is 1. The summed E-state index contributed by atoms with van der Waals surface area (Å²) in [6.45, 7) is 1.82. The van der Waals surface area contributed by atoms with Gasteiger partial charge in [-0.2, -0.15) is 9.64 Å². The van der Waals surface area contributed by atoms with Gasteiger partial charge in [0.2, 0.25) is 0 Å². The van der Waals surface area contributed by atoms with Gasteiger partial charge in [-0.15, -0.1) is 0 Å². The van der Waals surface area contributed by atoms with E-state index in [1.54, 1.807) is 7.11 Å². The van der Waals surface area contributed by atoms with Crippen LogP contribution < -0.4 is 10.1 Å². The molecule has 0 bridgehead atoms. The SMILES string of the molecule is COc1ccc(Br)c(Nc2snc(C)c2C#N)c1. The molecule has 0 unspecified atom stereocenters. The number of ether oxygens (including phenoxy) is 1. The van der Waals surface area contributed by atoms with Crippen LogP contribution >= 0.6 is 27.5 Å². The maximum atomic E-state index is 9.08. The standard InChI is InChI=1S/C12H10BrN3OS/c1-7-9(6-14)12(18-16-7)15-11-5-8(17-2)3-4-10(11)13/h3-5,15H,1-2H3. The number of methoxy groups -OCH3 is 1. The molecule has 0 amide bonds. The van der Waals surface area contributed by atoms with E-state index in [2.05, 4.69) is 31.7 Å². The van der Waals surface area contributed by atoms with E-state index in [0.29, 0.717) is 5.56 Å². The Morgan fingerprint density at radius 1 is 1.50 bits per heavy atom. The molecular weight excluding hydrogens is 314 g/mol. The first kappa shape index (κ1) is 12.9. The number of halogens is 1. The Kier molecular flexibility index (Phi) is 3.84. The molecule has 4 nitrogen and oxygen atoms in total. The van der Waals surface area contributed by atoms with Gasteiger partial charge >= 0.3 is 0 Å². The van der Waals surface area contributed by atoms with E-state index in [4.69, 9.17) is 10.00 Å². The molecule has 18 heavy (non-hydrogen) atoms. The molecule has 1 heterocycles. The highest BCUT2D eigenvalue weighted by Gasteiger charge is 2.11. The minimum Gasteiger partial charge on any atom is -0.497 e. The fraction of sp³-hybridized carbons (Fsp3) is 0.167. The van der Waals surface area contributed by atoms with Crippen molar-refractivity contribution in [2.45, 2.75) is 6.92 Å². The van der Waals surface area contributed by atoms with Gasteiger partial charge in [-0.25, -0.2) is 0 Å². The van der Waals surface area contributed by atoms with Crippen LogP contribution in [-0.4, -0.2) is 11.5 Å². The van der Waals surface area contributed by atoms with Crippen LogP contribution in [0.5, 0.6) is 5.75 Å². The molecule has 0 atom stereocenters. The monoisotopic (exact) mass is 323 g/mol. The molecule has 0 aliphatic rings. The van der Waals surface area contributed by atoms with Crippen LogP contribution in [0, 0.1) is 18.3 Å². The third kappa shape index (κ3) is 2.47. The van der Waals surface area contributed by atoms with Crippen LogP contribution in [0.2, 0.25) is 0 Å². The fourth-order valence-electron chi connectivity index (χ4n) is 1.44. The Bertz CT molecular complexity index is 618. The second kappa shape index (κ2) is 5.38. The Morgan fingerprint density at radius 2 is 2.28 bits per heavy atom. The fourth-order valence-corrected chi connectivity index (χ4v) is 2.54. The molecule has 0 spiro atoms. The summed E-state index contributed by atoms with van der Waals surface area (Å²) in [7, 11) is 1.62. The molecule has 0 saturated heterocycles. The lowest BCUT2D eigenvalue weighted by Crippen LogP contribution is -1.93. The minimum atomic E-state index is 0.578. The van der Waals surface area contributed by atoms with Gasteiger partial charge in [-0.05, 0) is 46.5 Å². The number of nitriles is 1. The van der Waals surface area contributed by atoms with E-state index in [-0.39, 0.29) is 0 Å². The van der Waals surface area contributed by atoms with Crippen LogP contribution in [0.15, 0.2) is 22.7 Å². The molecule has 1 aromatic heterocycles. The smallest absolute Gasteiger partial charge is 0.132 e. The largest absolute Gasteiger partial charge is 0.497 e. The van der Waals surface area contributed by atoms with E-state index in [1.807, 2.05) is 25.1 Å². The number of nitrogens with zero attached hydrogens (tertiary/aromatic N) is 2. The Hall–Kier alpha value is -1.58. The zero-order chi connectivity index (χ0) is 13.1. The van der Waals surface area contributed by atoms with Crippen LogP contribution in [0.1, 0.15) is 11.3 Å². The summed E-state index contributed by atoms with van der Waals surface area (Å²) >= 11 is 4.73. The topological polar surface area (TPSA) is 57.9 Å². The zero-order valence-electron chi connectivity index (χ0n) is 9.82. The van der Waals surface area contributed by atoms with E-state index in [0.717, 1.165) is 26.6 Å². The molecule has 1 aromatic carbocycles. The second-order valence-corrected chi connectivity index (χ2v) is 5.18. The van der Waals surface area contributed by atoms with Crippen molar-refractivity contribution in [2.24, 2.45) is 0 Å². The predicted molar refractivity (Wildman–Crippen MR) is 75.5 cm³/mol. The highest BCUT2D eigenvalue weighted by Crippen LogP contribution is 2.33. The maximum Gasteiger partial charge on any atom is 0.132 e. The molecule has 6 heteroatoms. The van der Waals surface area contributed by atoms with Crippen molar-refractivity contribution in [1.82, 2.24) is 4.37 Å².